The van der Waals surface area contributed by atoms with Crippen molar-refractivity contribution in [2.45, 2.75) is 157 Å². The molecule has 21 nitrogen and oxygen atoms in total. The van der Waals surface area contributed by atoms with Crippen molar-refractivity contribution < 1.29 is 33.3 Å². The number of hydrogen-bond acceptors (Lipinski definition) is 23. The van der Waals surface area contributed by atoms with Crippen molar-refractivity contribution >= 4 is 58.4 Å². The van der Waals surface area contributed by atoms with Crippen LogP contribution in [0.25, 0.3) is 0 Å². The van der Waals surface area contributed by atoms with Crippen LogP contribution in [0.3, 0.4) is 0 Å². The SMILES string of the molecule is CN1CCCN(c2nc(SCCc3ccc4c(c3)CCO4)c(C#N)c3c2COC(C)(C)C3)CC1.CN1CCCN(c2nc(SCCc3cccc([N+](=O)[O-])c3)c(C#N)c3c2COC(C)(C)C3)CC1.COc1ccc(CCSc2nc(N3CCCN(C)CC3)c3c(c2C#N)CC(C)(C)OC3)cc1OC. The van der Waals surface area contributed by atoms with E-state index in [9.17, 15) is 25.9 Å². The largest absolute Gasteiger partial charge is 0.493 e. The van der Waals surface area contributed by atoms with Gasteiger partial charge >= 0.3 is 0 Å². The van der Waals surface area contributed by atoms with Crippen LogP contribution in [0.2, 0.25) is 0 Å². The number of benzene rings is 3. The molecule has 7 aliphatic heterocycles. The van der Waals surface area contributed by atoms with Crippen molar-refractivity contribution in [3.8, 4) is 35.5 Å². The fraction of sp³-hybridized carbons (Fsp3) is 0.544. The van der Waals surface area contributed by atoms with E-state index in [4.69, 9.17) is 43.4 Å². The average molecular weight is 1460 g/mol. The zero-order valence-electron chi connectivity index (χ0n) is 62.1. The highest BCUT2D eigenvalue weighted by molar-refractivity contribution is 7.99. The Morgan fingerprint density at radius 2 is 0.903 bits per heavy atom. The van der Waals surface area contributed by atoms with Crippen LogP contribution in [0.15, 0.2) is 75.7 Å². The van der Waals surface area contributed by atoms with Crippen LogP contribution in [0.4, 0.5) is 23.1 Å². The van der Waals surface area contributed by atoms with Crippen LogP contribution >= 0.6 is 35.3 Å². The van der Waals surface area contributed by atoms with E-state index in [-0.39, 0.29) is 27.4 Å². The Bertz CT molecular complexity index is 4150. The average Bonchev–Trinajstić information content (AvgIpc) is 0.857. The van der Waals surface area contributed by atoms with E-state index >= 15 is 0 Å². The maximum absolute atomic E-state index is 11.1. The molecule has 7 aliphatic rings. The molecule has 548 valence electrons. The third-order valence-electron chi connectivity index (χ3n) is 20.3. The van der Waals surface area contributed by atoms with E-state index in [1.54, 1.807) is 61.6 Å². The van der Waals surface area contributed by atoms with E-state index in [2.05, 4.69) is 135 Å². The molecule has 0 amide bonds. The summed E-state index contributed by atoms with van der Waals surface area (Å²) < 4.78 is 35.0. The summed E-state index contributed by atoms with van der Waals surface area (Å²) in [6, 6.07) is 26.7. The van der Waals surface area contributed by atoms with Gasteiger partial charge in [0.2, 0.25) is 0 Å². The molecule has 103 heavy (non-hydrogen) atoms. The van der Waals surface area contributed by atoms with Gasteiger partial charge in [-0.25, -0.2) is 15.0 Å². The summed E-state index contributed by atoms with van der Waals surface area (Å²) in [4.78, 5) is 40.2. The fourth-order valence-corrected chi connectivity index (χ4v) is 17.4. The summed E-state index contributed by atoms with van der Waals surface area (Å²) in [6.45, 7) is 26.7. The number of nitro benzene ring substituents is 1. The highest BCUT2D eigenvalue weighted by Crippen LogP contribution is 2.43. The van der Waals surface area contributed by atoms with Gasteiger partial charge in [0.15, 0.2) is 11.5 Å². The van der Waals surface area contributed by atoms with Crippen LogP contribution in [-0.2, 0) is 79.0 Å². The first-order chi connectivity index (χ1) is 49.5. The number of pyridine rings is 3. The van der Waals surface area contributed by atoms with Crippen molar-refractivity contribution in [2.75, 3.05) is 152 Å². The van der Waals surface area contributed by atoms with Crippen molar-refractivity contribution in [1.82, 2.24) is 29.7 Å². The zero-order chi connectivity index (χ0) is 73.0. The number of nitriles is 3. The van der Waals surface area contributed by atoms with Gasteiger partial charge in [-0.3, -0.25) is 10.1 Å². The Labute approximate surface area is 622 Å². The number of nitrogens with zero attached hydrogens (tertiary/aromatic N) is 13. The van der Waals surface area contributed by atoms with Gasteiger partial charge in [-0.15, -0.1) is 35.3 Å². The van der Waals surface area contributed by atoms with Gasteiger partial charge in [0.1, 0.15) is 56.5 Å². The number of rotatable bonds is 18. The first-order valence-corrected chi connectivity index (χ1v) is 39.2. The predicted octanol–water partition coefficient (Wildman–Crippen LogP) is 12.7. The number of hydrogen-bond donors (Lipinski definition) is 0. The Kier molecular flexibility index (Phi) is 25.8. The lowest BCUT2D eigenvalue weighted by molar-refractivity contribution is -0.384. The van der Waals surface area contributed by atoms with Gasteiger partial charge in [-0.2, -0.15) is 15.8 Å². The number of methoxy groups -OCH3 is 2. The summed E-state index contributed by atoms with van der Waals surface area (Å²) in [6.07, 6.45) is 8.85. The van der Waals surface area contributed by atoms with E-state index in [1.807, 2.05) is 18.2 Å². The molecule has 6 aromatic rings. The molecule has 0 spiro atoms. The van der Waals surface area contributed by atoms with Crippen molar-refractivity contribution in [2.24, 2.45) is 0 Å². The monoisotopic (exact) mass is 1460 g/mol. The zero-order valence-corrected chi connectivity index (χ0v) is 64.5. The number of aryl methyl sites for hydroxylation is 3. The predicted molar refractivity (Wildman–Crippen MR) is 409 cm³/mol. The second-order valence-electron chi connectivity index (χ2n) is 29.6. The molecule has 0 unspecified atom stereocenters. The minimum atomic E-state index is -0.371. The molecule has 3 aromatic heterocycles. The Morgan fingerprint density at radius 1 is 0.505 bits per heavy atom. The normalized spacial score (nSPS) is 18.5. The lowest BCUT2D eigenvalue weighted by atomic mass is 9.89. The number of aromatic nitrogens is 3. The van der Waals surface area contributed by atoms with Crippen LogP contribution in [0, 0.1) is 44.1 Å². The molecule has 0 radical (unpaired) electrons. The maximum atomic E-state index is 11.1. The van der Waals surface area contributed by atoms with Gasteiger partial charge in [-0.1, -0.05) is 30.3 Å². The third kappa shape index (κ3) is 19.4. The molecule has 3 saturated heterocycles. The smallest absolute Gasteiger partial charge is 0.269 e. The van der Waals surface area contributed by atoms with E-state index in [0.29, 0.717) is 49.5 Å². The molecule has 3 fully saturated rings. The molecule has 0 bridgehead atoms. The molecule has 0 saturated carbocycles. The van der Waals surface area contributed by atoms with Gasteiger partial charge < -0.3 is 57.8 Å². The molecular weight excluding hydrogens is 1360 g/mol. The molecule has 0 aliphatic carbocycles. The molecular formula is C79H101N13O8S3. The number of likely N-dealkylation sites (N-methyl/N-ethyl adjacent to an activating group) is 3. The van der Waals surface area contributed by atoms with Crippen molar-refractivity contribution in [1.29, 1.82) is 15.8 Å². The van der Waals surface area contributed by atoms with Crippen molar-refractivity contribution in [3.63, 3.8) is 0 Å². The highest BCUT2D eigenvalue weighted by atomic mass is 32.2. The molecule has 13 rings (SSSR count). The Hall–Kier alpha value is -7.41. The lowest BCUT2D eigenvalue weighted by Crippen LogP contribution is -2.36. The highest BCUT2D eigenvalue weighted by Gasteiger charge is 2.37. The van der Waals surface area contributed by atoms with Crippen LogP contribution in [0.1, 0.15) is 133 Å². The quantitative estimate of drug-likeness (QED) is 0.0442. The van der Waals surface area contributed by atoms with Crippen molar-refractivity contribution in [3.05, 3.63) is 143 Å². The summed E-state index contributed by atoms with van der Waals surface area (Å²) in [5.41, 5.74) is 12.6. The number of anilines is 3. The summed E-state index contributed by atoms with van der Waals surface area (Å²) >= 11 is 4.93. The minimum Gasteiger partial charge on any atom is -0.493 e. The molecule has 24 heteroatoms. The van der Waals surface area contributed by atoms with Gasteiger partial charge in [0.05, 0.1) is 79.1 Å². The Balaban J connectivity index is 0.000000155. The summed E-state index contributed by atoms with van der Waals surface area (Å²) in [5, 5.41) is 44.0. The molecule has 0 atom stereocenters. The summed E-state index contributed by atoms with van der Waals surface area (Å²) in [7, 11) is 9.80. The molecule has 3 aromatic carbocycles. The number of ether oxygens (including phenoxy) is 6. The topological polar surface area (TPSA) is 228 Å². The van der Waals surface area contributed by atoms with Crippen LogP contribution in [-0.4, -0.2) is 189 Å². The van der Waals surface area contributed by atoms with E-state index < -0.39 is 0 Å². The van der Waals surface area contributed by atoms with E-state index in [1.165, 1.54) is 17.2 Å². The second-order valence-corrected chi connectivity index (χ2v) is 32.9. The number of fused-ring (bicyclic) bond motifs is 4. The van der Waals surface area contributed by atoms with Gasteiger partial charge in [-0.05, 0) is 178 Å². The fourth-order valence-electron chi connectivity index (χ4n) is 14.4. The van der Waals surface area contributed by atoms with Crippen LogP contribution in [0.5, 0.6) is 17.2 Å². The first-order valence-electron chi connectivity index (χ1n) is 36.2. The number of nitro groups is 1. The number of non-ortho nitro benzene ring substituents is 1. The number of thioether (sulfide) groups is 3. The minimum absolute atomic E-state index is 0.0998. The second kappa shape index (κ2) is 34.7. The summed E-state index contributed by atoms with van der Waals surface area (Å²) in [5.74, 6) is 7.84. The standard InChI is InChI=1S/C27H36N4O3S.C27H34N4O2S.C25H31N5O3S/c1-27(2)16-20-21(17-28)26(35-14-9-19-7-8-23(32-4)24(15-19)33-5)29-25(22(20)18-34-27)31-11-6-10-30(3)12-13-31;1-27(2)16-21-22(17-28)26(34-14-8-19-5-6-24-20(15-19)7-13-32-24)29-25(23(21)18-33-27)31-10-4-9-30(3)11-12-31;1-25(2)15-20-21(16-26)24(34-13-8-18-6-4-7-19(14-18)30(31)32)27-23(22(20)17-33-25)29-10-5-9-28(3)11-12-29/h7-8,15H,6,9-14,16,18H2,1-5H3;5-6,15H,4,7-14,16,18H2,1-3H3;4,6-7,14H,5,8-13,15,17H2,1-3H3. The Morgan fingerprint density at radius 3 is 1.30 bits per heavy atom. The lowest BCUT2D eigenvalue weighted by Gasteiger charge is -2.35. The van der Waals surface area contributed by atoms with Gasteiger partial charge in [0, 0.05) is 131 Å². The third-order valence-corrected chi connectivity index (χ3v) is 23.2. The first kappa shape index (κ1) is 76.7. The molecule has 10 heterocycles. The van der Waals surface area contributed by atoms with E-state index in [0.717, 1.165) is 248 Å². The van der Waals surface area contributed by atoms with Crippen LogP contribution < -0.4 is 28.9 Å². The maximum Gasteiger partial charge on any atom is 0.269 e. The molecule has 0 N–H and O–H groups in total. The van der Waals surface area contributed by atoms with Gasteiger partial charge in [0.25, 0.3) is 5.69 Å².